The van der Waals surface area contributed by atoms with Crippen molar-refractivity contribution >= 4 is 33.1 Å². The van der Waals surface area contributed by atoms with Gasteiger partial charge >= 0.3 is 0 Å². The summed E-state index contributed by atoms with van der Waals surface area (Å²) in [4.78, 5) is 17.5. The smallest absolute Gasteiger partial charge is 0.251 e. The third-order valence-electron chi connectivity index (χ3n) is 5.38. The van der Waals surface area contributed by atoms with E-state index >= 15 is 0 Å². The van der Waals surface area contributed by atoms with E-state index in [1.807, 2.05) is 0 Å². The van der Waals surface area contributed by atoms with E-state index in [1.54, 1.807) is 17.5 Å². The number of fused-ring (bicyclic) bond motifs is 1. The normalized spacial score (nSPS) is 17.0. The van der Waals surface area contributed by atoms with Crippen LogP contribution in [0, 0.1) is 0 Å². The molecule has 152 valence electrons. The van der Waals surface area contributed by atoms with Gasteiger partial charge in [-0.25, -0.2) is 4.98 Å². The van der Waals surface area contributed by atoms with Gasteiger partial charge in [-0.3, -0.25) is 4.79 Å². The Balaban J connectivity index is 1.71. The number of thiophene rings is 1. The lowest BCUT2D eigenvalue weighted by atomic mass is 9.86. The monoisotopic (exact) mass is 409 g/mol. The molecule has 2 aromatic heterocycles. The van der Waals surface area contributed by atoms with E-state index in [2.05, 4.69) is 61.4 Å². The van der Waals surface area contributed by atoms with Crippen molar-refractivity contribution < 1.29 is 9.53 Å². The molecule has 0 bridgehead atoms. The fourth-order valence-corrected chi connectivity index (χ4v) is 4.81. The Morgan fingerprint density at radius 2 is 2.07 bits per heavy atom. The summed E-state index contributed by atoms with van der Waals surface area (Å²) >= 11 is 1.58. The van der Waals surface area contributed by atoms with Crippen molar-refractivity contribution in [1.29, 1.82) is 0 Å². The van der Waals surface area contributed by atoms with Crippen LogP contribution in [0.2, 0.25) is 0 Å². The zero-order valence-corrected chi connectivity index (χ0v) is 17.9. The Kier molecular flexibility index (Phi) is 5.32. The van der Waals surface area contributed by atoms with E-state index in [1.165, 1.54) is 5.56 Å². The lowest BCUT2D eigenvalue weighted by molar-refractivity contribution is 0.100. The van der Waals surface area contributed by atoms with E-state index < -0.39 is 5.91 Å². The van der Waals surface area contributed by atoms with Gasteiger partial charge in [0.15, 0.2) is 0 Å². The zero-order valence-electron chi connectivity index (χ0n) is 17.1. The van der Waals surface area contributed by atoms with Gasteiger partial charge in [-0.2, -0.15) is 0 Å². The van der Waals surface area contributed by atoms with Crippen LogP contribution in [0.5, 0.6) is 0 Å². The van der Waals surface area contributed by atoms with Crippen LogP contribution in [0.15, 0.2) is 36.5 Å². The molecule has 1 aliphatic heterocycles. The first-order chi connectivity index (χ1) is 13.8. The average Bonchev–Trinajstić information content (AvgIpc) is 3.35. The maximum absolute atomic E-state index is 11.9. The third kappa shape index (κ3) is 4.14. The van der Waals surface area contributed by atoms with Gasteiger partial charge in [0.2, 0.25) is 0 Å². The number of nitrogens with two attached hydrogens (primary N) is 1. The van der Waals surface area contributed by atoms with E-state index in [-0.39, 0.29) is 11.5 Å². The molecule has 5 nitrogen and oxygen atoms in total. The van der Waals surface area contributed by atoms with Crippen LogP contribution in [0.1, 0.15) is 49.5 Å². The first-order valence-corrected chi connectivity index (χ1v) is 10.8. The Hall–Kier alpha value is -2.44. The number of rotatable bonds is 5. The second kappa shape index (κ2) is 7.76. The number of hydrogen-bond acceptors (Lipinski definition) is 5. The topological polar surface area (TPSA) is 77.2 Å². The van der Waals surface area contributed by atoms with E-state index in [0.29, 0.717) is 12.1 Å². The first-order valence-electron chi connectivity index (χ1n) is 10.0. The minimum Gasteiger partial charge on any atom is -0.376 e. The summed E-state index contributed by atoms with van der Waals surface area (Å²) in [5, 5.41) is 4.34. The van der Waals surface area contributed by atoms with Gasteiger partial charge in [0.05, 0.1) is 16.4 Å². The Morgan fingerprint density at radius 3 is 2.69 bits per heavy atom. The number of aromatic nitrogens is 1. The highest BCUT2D eigenvalue weighted by Crippen LogP contribution is 2.38. The van der Waals surface area contributed by atoms with Crippen LogP contribution in [0.4, 0.5) is 5.82 Å². The molecule has 1 atom stereocenters. The summed E-state index contributed by atoms with van der Waals surface area (Å²) in [6.45, 7) is 8.15. The van der Waals surface area contributed by atoms with Gasteiger partial charge in [-0.1, -0.05) is 45.0 Å². The fraction of sp³-hybridized carbons (Fsp3) is 0.391. The van der Waals surface area contributed by atoms with E-state index in [4.69, 9.17) is 10.5 Å². The van der Waals surface area contributed by atoms with E-state index in [0.717, 1.165) is 45.8 Å². The van der Waals surface area contributed by atoms with Gasteiger partial charge in [-0.05, 0) is 35.4 Å². The third-order valence-corrected chi connectivity index (χ3v) is 6.59. The van der Waals surface area contributed by atoms with Gasteiger partial charge in [0.25, 0.3) is 5.91 Å². The van der Waals surface area contributed by atoms with Crippen LogP contribution < -0.4 is 11.1 Å². The minimum absolute atomic E-state index is 0.112. The average molecular weight is 410 g/mol. The highest BCUT2D eigenvalue weighted by Gasteiger charge is 2.19. The largest absolute Gasteiger partial charge is 0.376 e. The molecule has 1 aromatic carbocycles. The molecular formula is C23H27N3O2S. The molecule has 6 heteroatoms. The number of nitrogens with zero attached hydrogens (tertiary/aromatic N) is 1. The maximum atomic E-state index is 11.9. The molecule has 29 heavy (non-hydrogen) atoms. The van der Waals surface area contributed by atoms with Crippen LogP contribution in [-0.4, -0.2) is 30.1 Å². The molecule has 0 aliphatic carbocycles. The standard InChI is InChI=1S/C23H27N3O2S/c1-23(2,3)15-8-6-14(7-9-15)19-11-17-20(29-19)18(21(24)27)13-26-22(17)25-12-16-5-4-10-28-16/h6-9,11,13,16H,4-5,10,12H2,1-3H3,(H2,24,27)(H,25,26). The van der Waals surface area contributed by atoms with Crippen LogP contribution in [0.3, 0.4) is 0 Å². The van der Waals surface area contributed by atoms with Gasteiger partial charge < -0.3 is 15.8 Å². The van der Waals surface area contributed by atoms with Crippen molar-refractivity contribution in [1.82, 2.24) is 4.98 Å². The van der Waals surface area contributed by atoms with Crippen LogP contribution >= 0.6 is 11.3 Å². The van der Waals surface area contributed by atoms with Crippen molar-refractivity contribution in [2.24, 2.45) is 5.73 Å². The van der Waals surface area contributed by atoms with Crippen molar-refractivity contribution in [3.05, 3.63) is 47.7 Å². The maximum Gasteiger partial charge on any atom is 0.251 e. The molecule has 4 rings (SSSR count). The van der Waals surface area contributed by atoms with Crippen LogP contribution in [-0.2, 0) is 10.2 Å². The van der Waals surface area contributed by atoms with Crippen molar-refractivity contribution in [3.8, 4) is 10.4 Å². The number of pyridine rings is 1. The van der Waals surface area contributed by atoms with E-state index in [9.17, 15) is 4.79 Å². The summed E-state index contributed by atoms with van der Waals surface area (Å²) < 4.78 is 6.57. The van der Waals surface area contributed by atoms with Gasteiger partial charge in [-0.15, -0.1) is 11.3 Å². The van der Waals surface area contributed by atoms with Crippen molar-refractivity contribution in [2.45, 2.75) is 45.1 Å². The number of benzene rings is 1. The highest BCUT2D eigenvalue weighted by molar-refractivity contribution is 7.22. The Bertz CT molecular complexity index is 1030. The molecule has 3 aromatic rings. The second-order valence-corrected chi connectivity index (χ2v) is 9.63. The highest BCUT2D eigenvalue weighted by atomic mass is 32.1. The molecule has 0 spiro atoms. The molecule has 1 aliphatic rings. The molecule has 1 amide bonds. The number of anilines is 1. The molecule has 1 saturated heterocycles. The van der Waals surface area contributed by atoms with Crippen molar-refractivity contribution in [3.63, 3.8) is 0 Å². The number of carbonyl (C=O) groups is 1. The molecule has 3 N–H and O–H groups in total. The molecular weight excluding hydrogens is 382 g/mol. The number of nitrogens with one attached hydrogen (secondary N) is 1. The second-order valence-electron chi connectivity index (χ2n) is 8.58. The minimum atomic E-state index is -0.454. The molecule has 0 radical (unpaired) electrons. The summed E-state index contributed by atoms with van der Waals surface area (Å²) in [7, 11) is 0. The van der Waals surface area contributed by atoms with Crippen LogP contribution in [0.25, 0.3) is 20.5 Å². The SMILES string of the molecule is CC(C)(C)c1ccc(-c2cc3c(NCC4CCCO4)ncc(C(N)=O)c3s2)cc1. The molecule has 1 fully saturated rings. The predicted octanol–water partition coefficient (Wildman–Crippen LogP) is 4.95. The number of hydrogen-bond donors (Lipinski definition) is 2. The van der Waals surface area contributed by atoms with Crippen molar-refractivity contribution in [2.75, 3.05) is 18.5 Å². The summed E-state index contributed by atoms with van der Waals surface area (Å²) in [6.07, 6.45) is 3.95. The lowest BCUT2D eigenvalue weighted by Crippen LogP contribution is -2.19. The summed E-state index contributed by atoms with van der Waals surface area (Å²) in [5.41, 5.74) is 8.60. The Morgan fingerprint density at radius 1 is 1.31 bits per heavy atom. The molecule has 1 unspecified atom stereocenters. The van der Waals surface area contributed by atoms with Gasteiger partial charge in [0, 0.05) is 29.6 Å². The van der Waals surface area contributed by atoms with Gasteiger partial charge in [0.1, 0.15) is 5.82 Å². The molecule has 0 saturated carbocycles. The molecule has 3 heterocycles. The fourth-order valence-electron chi connectivity index (χ4n) is 3.63. The number of amides is 1. The number of ether oxygens (including phenoxy) is 1. The first kappa shape index (κ1) is 19.9. The zero-order chi connectivity index (χ0) is 20.6. The Labute approximate surface area is 175 Å². The number of carbonyl (C=O) groups excluding carboxylic acids is 1. The predicted molar refractivity (Wildman–Crippen MR) is 120 cm³/mol. The summed E-state index contributed by atoms with van der Waals surface area (Å²) in [6, 6.07) is 10.7. The summed E-state index contributed by atoms with van der Waals surface area (Å²) in [5.74, 6) is 0.318. The quantitative estimate of drug-likeness (QED) is 0.625. The lowest BCUT2D eigenvalue weighted by Gasteiger charge is -2.18. The number of primary amides is 1.